The number of aliphatic hydroxyl groups is 1. The molecule has 0 unspecified atom stereocenters. The molecule has 0 aliphatic rings. The molecule has 0 fully saturated rings. The summed E-state index contributed by atoms with van der Waals surface area (Å²) in [6.07, 6.45) is 5.59. The summed E-state index contributed by atoms with van der Waals surface area (Å²) >= 11 is 0. The Bertz CT molecular complexity index is 350. The third kappa shape index (κ3) is 4.11. The minimum atomic E-state index is 0.0125. The van der Waals surface area contributed by atoms with Gasteiger partial charge in [0, 0.05) is 25.0 Å². The molecule has 0 aliphatic carbocycles. The number of nitrogens with zero attached hydrogens (tertiary/aromatic N) is 2. The van der Waals surface area contributed by atoms with Crippen molar-refractivity contribution in [3.8, 4) is 0 Å². The van der Waals surface area contributed by atoms with Crippen LogP contribution in [0.3, 0.4) is 0 Å². The zero-order valence-electron chi connectivity index (χ0n) is 11.2. The van der Waals surface area contributed by atoms with Crippen LogP contribution in [0.15, 0.2) is 24.5 Å². The second kappa shape index (κ2) is 7.82. The van der Waals surface area contributed by atoms with E-state index in [-0.39, 0.29) is 18.6 Å². The van der Waals surface area contributed by atoms with Crippen molar-refractivity contribution in [3.05, 3.63) is 30.1 Å². The standard InChI is InChI=1S/C14H22N2O2/c1-3-13(4-2)16(9-10-17)14(18)11-12-5-7-15-8-6-12/h5-8,13,17H,3-4,9-11H2,1-2H3. The lowest BCUT2D eigenvalue weighted by Crippen LogP contribution is -2.42. The number of carbonyl (C=O) groups excluding carboxylic acids is 1. The molecule has 0 spiro atoms. The highest BCUT2D eigenvalue weighted by Crippen LogP contribution is 2.11. The van der Waals surface area contributed by atoms with Crippen molar-refractivity contribution in [1.29, 1.82) is 0 Å². The van der Waals surface area contributed by atoms with E-state index in [1.165, 1.54) is 0 Å². The number of carbonyl (C=O) groups is 1. The third-order valence-corrected chi connectivity index (χ3v) is 3.15. The van der Waals surface area contributed by atoms with E-state index in [9.17, 15) is 4.79 Å². The summed E-state index contributed by atoms with van der Waals surface area (Å²) in [5.74, 6) is 0.0731. The summed E-state index contributed by atoms with van der Waals surface area (Å²) in [6, 6.07) is 3.91. The number of pyridine rings is 1. The van der Waals surface area contributed by atoms with Gasteiger partial charge in [0.1, 0.15) is 0 Å². The Kier molecular flexibility index (Phi) is 6.36. The van der Waals surface area contributed by atoms with Gasteiger partial charge in [-0.25, -0.2) is 0 Å². The average molecular weight is 250 g/mol. The van der Waals surface area contributed by atoms with Crippen molar-refractivity contribution < 1.29 is 9.90 Å². The van der Waals surface area contributed by atoms with Gasteiger partial charge in [0.15, 0.2) is 0 Å². The smallest absolute Gasteiger partial charge is 0.227 e. The maximum Gasteiger partial charge on any atom is 0.227 e. The Morgan fingerprint density at radius 2 is 1.94 bits per heavy atom. The van der Waals surface area contributed by atoms with Crippen LogP contribution in [0.2, 0.25) is 0 Å². The highest BCUT2D eigenvalue weighted by atomic mass is 16.3. The number of hydrogen-bond acceptors (Lipinski definition) is 3. The van der Waals surface area contributed by atoms with E-state index in [1.807, 2.05) is 12.1 Å². The molecule has 0 saturated carbocycles. The molecule has 0 radical (unpaired) electrons. The topological polar surface area (TPSA) is 53.4 Å². The first-order chi connectivity index (χ1) is 8.72. The molecular formula is C14H22N2O2. The van der Waals surface area contributed by atoms with Crippen LogP contribution >= 0.6 is 0 Å². The van der Waals surface area contributed by atoms with Crippen molar-refractivity contribution in [1.82, 2.24) is 9.88 Å². The molecule has 1 aromatic rings. The van der Waals surface area contributed by atoms with E-state index < -0.39 is 0 Å². The molecule has 0 saturated heterocycles. The lowest BCUT2D eigenvalue weighted by molar-refractivity contribution is -0.133. The SMILES string of the molecule is CCC(CC)N(CCO)C(=O)Cc1ccncc1. The van der Waals surface area contributed by atoms with Crippen LogP contribution < -0.4 is 0 Å². The van der Waals surface area contributed by atoms with Gasteiger partial charge >= 0.3 is 0 Å². The number of aliphatic hydroxyl groups excluding tert-OH is 1. The van der Waals surface area contributed by atoms with Gasteiger partial charge in [-0.3, -0.25) is 9.78 Å². The van der Waals surface area contributed by atoms with Gasteiger partial charge < -0.3 is 10.0 Å². The van der Waals surface area contributed by atoms with Crippen LogP contribution in [-0.2, 0) is 11.2 Å². The molecule has 1 N–H and O–H groups in total. The number of aromatic nitrogens is 1. The molecule has 18 heavy (non-hydrogen) atoms. The zero-order valence-corrected chi connectivity index (χ0v) is 11.2. The lowest BCUT2D eigenvalue weighted by atomic mass is 10.1. The first-order valence-electron chi connectivity index (χ1n) is 6.52. The Hall–Kier alpha value is -1.42. The number of hydrogen-bond donors (Lipinski definition) is 1. The fourth-order valence-corrected chi connectivity index (χ4v) is 2.12. The molecule has 0 aromatic carbocycles. The van der Waals surface area contributed by atoms with Crippen molar-refractivity contribution in [2.24, 2.45) is 0 Å². The molecule has 1 rings (SSSR count). The number of amides is 1. The molecule has 100 valence electrons. The Balaban J connectivity index is 2.70. The first kappa shape index (κ1) is 14.6. The van der Waals surface area contributed by atoms with Gasteiger partial charge in [-0.1, -0.05) is 13.8 Å². The maximum atomic E-state index is 12.3. The summed E-state index contributed by atoms with van der Waals surface area (Å²) in [7, 11) is 0. The summed E-state index contributed by atoms with van der Waals surface area (Å²) < 4.78 is 0. The van der Waals surface area contributed by atoms with Crippen molar-refractivity contribution in [2.75, 3.05) is 13.2 Å². The summed E-state index contributed by atoms with van der Waals surface area (Å²) in [6.45, 7) is 4.56. The molecule has 1 heterocycles. The molecular weight excluding hydrogens is 228 g/mol. The van der Waals surface area contributed by atoms with Gasteiger partial charge in [0.05, 0.1) is 13.0 Å². The van der Waals surface area contributed by atoms with Crippen LogP contribution in [0.5, 0.6) is 0 Å². The molecule has 1 amide bonds. The zero-order chi connectivity index (χ0) is 13.4. The van der Waals surface area contributed by atoms with E-state index >= 15 is 0 Å². The molecule has 1 aromatic heterocycles. The third-order valence-electron chi connectivity index (χ3n) is 3.15. The van der Waals surface area contributed by atoms with Gasteiger partial charge in [-0.2, -0.15) is 0 Å². The van der Waals surface area contributed by atoms with Crippen LogP contribution in [0.4, 0.5) is 0 Å². The molecule has 4 heteroatoms. The van der Waals surface area contributed by atoms with E-state index in [0.29, 0.717) is 13.0 Å². The van der Waals surface area contributed by atoms with Gasteiger partial charge in [0.25, 0.3) is 0 Å². The first-order valence-corrected chi connectivity index (χ1v) is 6.52. The largest absolute Gasteiger partial charge is 0.395 e. The summed E-state index contributed by atoms with van der Waals surface area (Å²) in [5, 5.41) is 9.09. The quantitative estimate of drug-likeness (QED) is 0.800. The summed E-state index contributed by atoms with van der Waals surface area (Å²) in [5.41, 5.74) is 0.962. The summed E-state index contributed by atoms with van der Waals surface area (Å²) in [4.78, 5) is 18.0. The highest BCUT2D eigenvalue weighted by Gasteiger charge is 2.20. The minimum absolute atomic E-state index is 0.0125. The Morgan fingerprint density at radius 3 is 2.44 bits per heavy atom. The molecule has 0 bridgehead atoms. The lowest BCUT2D eigenvalue weighted by Gasteiger charge is -2.30. The van der Waals surface area contributed by atoms with Crippen LogP contribution in [0.25, 0.3) is 0 Å². The van der Waals surface area contributed by atoms with Crippen molar-refractivity contribution in [2.45, 2.75) is 39.2 Å². The van der Waals surface area contributed by atoms with Crippen molar-refractivity contribution >= 4 is 5.91 Å². The average Bonchev–Trinajstić information content (AvgIpc) is 2.40. The van der Waals surface area contributed by atoms with Gasteiger partial charge in [-0.05, 0) is 30.5 Å². The Morgan fingerprint density at radius 1 is 1.33 bits per heavy atom. The fraction of sp³-hybridized carbons (Fsp3) is 0.571. The van der Waals surface area contributed by atoms with Crippen LogP contribution in [-0.4, -0.2) is 40.1 Å². The second-order valence-electron chi connectivity index (χ2n) is 4.31. The molecule has 0 atom stereocenters. The minimum Gasteiger partial charge on any atom is -0.395 e. The maximum absolute atomic E-state index is 12.3. The van der Waals surface area contributed by atoms with Crippen LogP contribution in [0.1, 0.15) is 32.3 Å². The van der Waals surface area contributed by atoms with E-state index in [1.54, 1.807) is 17.3 Å². The highest BCUT2D eigenvalue weighted by molar-refractivity contribution is 5.79. The monoisotopic (exact) mass is 250 g/mol. The van der Waals surface area contributed by atoms with E-state index in [4.69, 9.17) is 5.11 Å². The molecule has 0 aliphatic heterocycles. The second-order valence-corrected chi connectivity index (χ2v) is 4.31. The molecule has 4 nitrogen and oxygen atoms in total. The van der Waals surface area contributed by atoms with E-state index in [2.05, 4.69) is 18.8 Å². The van der Waals surface area contributed by atoms with Gasteiger partial charge in [-0.15, -0.1) is 0 Å². The predicted molar refractivity (Wildman–Crippen MR) is 71.1 cm³/mol. The normalized spacial score (nSPS) is 10.7. The van der Waals surface area contributed by atoms with Crippen LogP contribution in [0, 0.1) is 0 Å². The van der Waals surface area contributed by atoms with Crippen molar-refractivity contribution in [3.63, 3.8) is 0 Å². The Labute approximate surface area is 109 Å². The van der Waals surface area contributed by atoms with E-state index in [0.717, 1.165) is 18.4 Å². The number of rotatable bonds is 7. The fourth-order valence-electron chi connectivity index (χ4n) is 2.12. The predicted octanol–water partition coefficient (Wildman–Crippen LogP) is 1.63. The van der Waals surface area contributed by atoms with Gasteiger partial charge in [0.2, 0.25) is 5.91 Å².